The zero-order valence-corrected chi connectivity index (χ0v) is 23.5. The van der Waals surface area contributed by atoms with Gasteiger partial charge in [-0.2, -0.15) is 0 Å². The molecule has 0 saturated heterocycles. The molecule has 5 nitrogen and oxygen atoms in total. The number of benzene rings is 3. The van der Waals surface area contributed by atoms with Crippen LogP contribution in [0.3, 0.4) is 0 Å². The Balaban J connectivity index is 1.24. The van der Waals surface area contributed by atoms with Gasteiger partial charge in [0, 0.05) is 23.0 Å². The minimum absolute atomic E-state index is 0.0113. The standard InChI is InChI=1S/C35H39N3O2/c1-23-20-24(2)38-32-15-9-8-14-29(32)30(34(38)36-23)21-25-16-18-28(19-17-25)33(27-12-6-7-13-27)35(40)37-31(22-39)26-10-4-3-5-11-26/h3-5,8-11,14-20,27,30-31,33-34,39H,6-7,12-13,21-22H2,1-2H3,(H,37,40)/t30?,31-,33-,34?/m0/s1. The summed E-state index contributed by atoms with van der Waals surface area (Å²) in [5.41, 5.74) is 8.18. The third-order valence-corrected chi connectivity index (χ3v) is 9.00. The first-order valence-corrected chi connectivity index (χ1v) is 14.7. The molecule has 4 atom stereocenters. The van der Waals surface area contributed by atoms with E-state index in [1.165, 1.54) is 35.4 Å². The van der Waals surface area contributed by atoms with Crippen molar-refractivity contribution in [2.24, 2.45) is 10.9 Å². The van der Waals surface area contributed by atoms with Crippen LogP contribution in [0.15, 0.2) is 95.6 Å². The molecule has 0 spiro atoms. The summed E-state index contributed by atoms with van der Waals surface area (Å²) in [5, 5.41) is 13.2. The number of aliphatic imine (C=N–C) groups is 1. The highest BCUT2D eigenvalue weighted by molar-refractivity contribution is 5.96. The van der Waals surface area contributed by atoms with Crippen LogP contribution in [0, 0.1) is 5.92 Å². The van der Waals surface area contributed by atoms with Crippen molar-refractivity contribution in [1.29, 1.82) is 0 Å². The smallest absolute Gasteiger partial charge is 0.228 e. The van der Waals surface area contributed by atoms with Crippen LogP contribution in [-0.4, -0.2) is 29.5 Å². The Morgan fingerprint density at radius 1 is 0.950 bits per heavy atom. The second kappa shape index (κ2) is 11.4. The minimum atomic E-state index is -0.403. The summed E-state index contributed by atoms with van der Waals surface area (Å²) in [7, 11) is 0. The maximum absolute atomic E-state index is 13.7. The lowest BCUT2D eigenvalue weighted by Gasteiger charge is -2.31. The fourth-order valence-corrected chi connectivity index (χ4v) is 7.11. The molecule has 206 valence electrons. The number of para-hydroxylation sites is 1. The van der Waals surface area contributed by atoms with Crippen LogP contribution in [0.25, 0.3) is 0 Å². The highest BCUT2D eigenvalue weighted by Crippen LogP contribution is 2.46. The van der Waals surface area contributed by atoms with E-state index in [2.05, 4.69) is 78.7 Å². The Bertz CT molecular complexity index is 1410. The number of anilines is 1. The lowest BCUT2D eigenvalue weighted by atomic mass is 9.83. The van der Waals surface area contributed by atoms with Crippen LogP contribution in [0.4, 0.5) is 5.69 Å². The number of nitrogens with zero attached hydrogens (tertiary/aromatic N) is 2. The lowest BCUT2D eigenvalue weighted by molar-refractivity contribution is -0.124. The molecule has 0 aromatic heterocycles. The van der Waals surface area contributed by atoms with E-state index in [-0.39, 0.29) is 30.5 Å². The van der Waals surface area contributed by atoms with Gasteiger partial charge in [0.1, 0.15) is 6.17 Å². The maximum atomic E-state index is 13.7. The maximum Gasteiger partial charge on any atom is 0.228 e. The van der Waals surface area contributed by atoms with Crippen LogP contribution < -0.4 is 10.2 Å². The van der Waals surface area contributed by atoms with Gasteiger partial charge in [0.15, 0.2) is 0 Å². The van der Waals surface area contributed by atoms with Gasteiger partial charge in [0.05, 0.1) is 18.6 Å². The van der Waals surface area contributed by atoms with Gasteiger partial charge in [-0.05, 0) is 73.4 Å². The third kappa shape index (κ3) is 5.11. The summed E-state index contributed by atoms with van der Waals surface area (Å²) in [6.07, 6.45) is 7.60. The topological polar surface area (TPSA) is 64.9 Å². The summed E-state index contributed by atoms with van der Waals surface area (Å²) >= 11 is 0. The molecule has 2 heterocycles. The Hall–Kier alpha value is -3.70. The van der Waals surface area contributed by atoms with Crippen LogP contribution >= 0.6 is 0 Å². The number of amides is 1. The van der Waals surface area contributed by atoms with E-state index >= 15 is 0 Å². The second-order valence-corrected chi connectivity index (χ2v) is 11.6. The summed E-state index contributed by atoms with van der Waals surface area (Å²) in [5.74, 6) is 0.392. The van der Waals surface area contributed by atoms with Crippen LogP contribution in [0.1, 0.15) is 79.7 Å². The van der Waals surface area contributed by atoms with E-state index in [0.717, 1.165) is 36.1 Å². The first kappa shape index (κ1) is 26.5. The van der Waals surface area contributed by atoms with Crippen molar-refractivity contribution in [3.63, 3.8) is 0 Å². The number of aliphatic hydroxyl groups excluding tert-OH is 1. The van der Waals surface area contributed by atoms with Crippen molar-refractivity contribution in [2.45, 2.75) is 70.0 Å². The van der Waals surface area contributed by atoms with Gasteiger partial charge in [-0.1, -0.05) is 85.6 Å². The fraction of sp³-hybridized carbons (Fsp3) is 0.371. The predicted molar refractivity (Wildman–Crippen MR) is 162 cm³/mol. The number of carbonyl (C=O) groups is 1. The van der Waals surface area contributed by atoms with Gasteiger partial charge in [-0.15, -0.1) is 0 Å². The zero-order chi connectivity index (χ0) is 27.6. The number of fused-ring (bicyclic) bond motifs is 3. The largest absolute Gasteiger partial charge is 0.394 e. The summed E-state index contributed by atoms with van der Waals surface area (Å²) in [6.45, 7) is 4.14. The van der Waals surface area contributed by atoms with Crippen molar-refractivity contribution < 1.29 is 9.90 Å². The predicted octanol–water partition coefficient (Wildman–Crippen LogP) is 6.66. The molecule has 2 aliphatic heterocycles. The Morgan fingerprint density at radius 2 is 1.65 bits per heavy atom. The Morgan fingerprint density at radius 3 is 2.38 bits per heavy atom. The first-order chi connectivity index (χ1) is 19.5. The quantitative estimate of drug-likeness (QED) is 0.340. The molecule has 1 fully saturated rings. The number of nitrogens with one attached hydrogen (secondary N) is 1. The summed E-state index contributed by atoms with van der Waals surface area (Å²) in [6, 6.07) is 26.8. The van der Waals surface area contributed by atoms with Crippen LogP contribution in [0.2, 0.25) is 0 Å². The van der Waals surface area contributed by atoms with Crippen LogP contribution in [0.5, 0.6) is 0 Å². The monoisotopic (exact) mass is 533 g/mol. The zero-order valence-electron chi connectivity index (χ0n) is 23.5. The first-order valence-electron chi connectivity index (χ1n) is 14.7. The molecule has 0 radical (unpaired) electrons. The average molecular weight is 534 g/mol. The number of rotatable bonds is 8. The van der Waals surface area contributed by atoms with Crippen LogP contribution in [-0.2, 0) is 11.2 Å². The molecule has 1 aliphatic carbocycles. The van der Waals surface area contributed by atoms with E-state index in [1.807, 2.05) is 30.3 Å². The van der Waals surface area contributed by atoms with Crippen molar-refractivity contribution in [3.8, 4) is 0 Å². The van der Waals surface area contributed by atoms with Gasteiger partial charge in [-0.25, -0.2) is 0 Å². The molecular weight excluding hydrogens is 494 g/mol. The minimum Gasteiger partial charge on any atom is -0.394 e. The molecule has 2 unspecified atom stereocenters. The lowest BCUT2D eigenvalue weighted by Crippen LogP contribution is -2.37. The van der Waals surface area contributed by atoms with Crippen molar-refractivity contribution in [2.75, 3.05) is 11.5 Å². The van der Waals surface area contributed by atoms with Crippen molar-refractivity contribution in [1.82, 2.24) is 5.32 Å². The molecule has 6 rings (SSSR count). The normalized spacial score (nSPS) is 21.7. The molecule has 1 saturated carbocycles. The molecule has 2 N–H and O–H groups in total. The van der Waals surface area contributed by atoms with E-state index in [0.29, 0.717) is 5.92 Å². The van der Waals surface area contributed by atoms with Crippen molar-refractivity contribution >= 4 is 17.3 Å². The molecule has 3 aromatic carbocycles. The highest BCUT2D eigenvalue weighted by Gasteiger charge is 2.40. The van der Waals surface area contributed by atoms with Gasteiger partial charge in [0.2, 0.25) is 5.91 Å². The van der Waals surface area contributed by atoms with Gasteiger partial charge >= 0.3 is 0 Å². The second-order valence-electron chi connectivity index (χ2n) is 11.6. The third-order valence-electron chi connectivity index (χ3n) is 9.00. The van der Waals surface area contributed by atoms with E-state index < -0.39 is 6.04 Å². The molecule has 5 heteroatoms. The Kier molecular flexibility index (Phi) is 7.57. The number of hydrogen-bond donors (Lipinski definition) is 2. The Labute approximate surface area is 237 Å². The molecule has 40 heavy (non-hydrogen) atoms. The summed E-state index contributed by atoms with van der Waals surface area (Å²) in [4.78, 5) is 21.2. The fourth-order valence-electron chi connectivity index (χ4n) is 7.11. The highest BCUT2D eigenvalue weighted by atomic mass is 16.3. The molecule has 0 bridgehead atoms. The number of allylic oxidation sites excluding steroid dienone is 2. The average Bonchev–Trinajstić information content (AvgIpc) is 3.60. The van der Waals surface area contributed by atoms with Gasteiger partial charge in [0.25, 0.3) is 0 Å². The molecular formula is C35H39N3O2. The van der Waals surface area contributed by atoms with E-state index in [4.69, 9.17) is 4.99 Å². The van der Waals surface area contributed by atoms with E-state index in [9.17, 15) is 9.90 Å². The number of hydrogen-bond acceptors (Lipinski definition) is 4. The SMILES string of the molecule is CC1=CC(C)=NC2C(Cc3ccc([C@@H](C(=O)N[C@@H](CO)c4ccccc4)C4CCCC4)cc3)c3ccccc3N12. The van der Waals surface area contributed by atoms with Crippen molar-refractivity contribution in [3.05, 3.63) is 113 Å². The molecule has 3 aromatic rings. The van der Waals surface area contributed by atoms with Gasteiger partial charge < -0.3 is 15.3 Å². The summed E-state index contributed by atoms with van der Waals surface area (Å²) < 4.78 is 0. The molecule has 3 aliphatic rings. The number of aliphatic hydroxyl groups is 1. The van der Waals surface area contributed by atoms with E-state index in [1.54, 1.807) is 0 Å². The molecule has 1 amide bonds. The number of carbonyl (C=O) groups excluding carboxylic acids is 1. The van der Waals surface area contributed by atoms with Gasteiger partial charge in [-0.3, -0.25) is 9.79 Å².